The number of aromatic nitrogens is 1. The molecule has 0 N–H and O–H groups in total. The maximum atomic E-state index is 4.59. The molecule has 94 valence electrons. The summed E-state index contributed by atoms with van der Waals surface area (Å²) in [4.78, 5) is 7.06. The molecule has 1 aromatic rings. The summed E-state index contributed by atoms with van der Waals surface area (Å²) >= 11 is 3.46. The summed E-state index contributed by atoms with van der Waals surface area (Å²) in [7, 11) is 0. The second-order valence-electron chi connectivity index (χ2n) is 4.74. The SMILES string of the molecule is CCN(c1ccc(CBr)cn1)C1CCCCC1. The van der Waals surface area contributed by atoms with Crippen LogP contribution in [0, 0.1) is 0 Å². The van der Waals surface area contributed by atoms with Crippen LogP contribution >= 0.6 is 15.9 Å². The highest BCUT2D eigenvalue weighted by Crippen LogP contribution is 2.26. The molecule has 0 bridgehead atoms. The van der Waals surface area contributed by atoms with Crippen molar-refractivity contribution in [1.29, 1.82) is 0 Å². The molecule has 0 unspecified atom stereocenters. The predicted octanol–water partition coefficient (Wildman–Crippen LogP) is 4.14. The highest BCUT2D eigenvalue weighted by molar-refractivity contribution is 9.08. The fourth-order valence-electron chi connectivity index (χ4n) is 2.67. The van der Waals surface area contributed by atoms with E-state index in [1.165, 1.54) is 37.7 Å². The van der Waals surface area contributed by atoms with Crippen molar-refractivity contribution in [3.63, 3.8) is 0 Å². The van der Waals surface area contributed by atoms with E-state index < -0.39 is 0 Å². The van der Waals surface area contributed by atoms with Crippen molar-refractivity contribution in [3.05, 3.63) is 23.9 Å². The summed E-state index contributed by atoms with van der Waals surface area (Å²) in [6.45, 7) is 3.29. The van der Waals surface area contributed by atoms with Crippen molar-refractivity contribution in [2.75, 3.05) is 11.4 Å². The normalized spacial score (nSPS) is 17.1. The fourth-order valence-corrected chi connectivity index (χ4v) is 3.00. The number of hydrogen-bond donors (Lipinski definition) is 0. The lowest BCUT2D eigenvalue weighted by molar-refractivity contribution is 0.416. The molecular formula is C14H21BrN2. The Morgan fingerprint density at radius 3 is 2.59 bits per heavy atom. The first-order valence-corrected chi connectivity index (χ1v) is 7.75. The van der Waals surface area contributed by atoms with Crippen LogP contribution in [0.2, 0.25) is 0 Å². The number of hydrogen-bond acceptors (Lipinski definition) is 2. The molecule has 0 radical (unpaired) electrons. The average molecular weight is 297 g/mol. The Labute approximate surface area is 113 Å². The van der Waals surface area contributed by atoms with Gasteiger partial charge < -0.3 is 4.90 Å². The van der Waals surface area contributed by atoms with Gasteiger partial charge in [0.2, 0.25) is 0 Å². The average Bonchev–Trinajstić information content (AvgIpc) is 2.42. The summed E-state index contributed by atoms with van der Waals surface area (Å²) in [5, 5.41) is 0.885. The summed E-state index contributed by atoms with van der Waals surface area (Å²) in [5.41, 5.74) is 1.24. The molecule has 1 aliphatic carbocycles. The fraction of sp³-hybridized carbons (Fsp3) is 0.643. The van der Waals surface area contributed by atoms with Crippen LogP contribution in [0.3, 0.4) is 0 Å². The van der Waals surface area contributed by atoms with Crippen molar-refractivity contribution in [2.45, 2.75) is 50.4 Å². The van der Waals surface area contributed by atoms with Crippen LogP contribution in [0.5, 0.6) is 0 Å². The minimum atomic E-state index is 0.705. The van der Waals surface area contributed by atoms with Crippen LogP contribution in [-0.2, 0) is 5.33 Å². The van der Waals surface area contributed by atoms with Gasteiger partial charge in [-0.05, 0) is 31.4 Å². The van der Waals surface area contributed by atoms with Crippen molar-refractivity contribution in [3.8, 4) is 0 Å². The molecular weight excluding hydrogens is 276 g/mol. The Bertz CT molecular complexity index is 331. The molecule has 0 aliphatic heterocycles. The quantitative estimate of drug-likeness (QED) is 0.777. The molecule has 0 saturated heterocycles. The molecule has 0 spiro atoms. The van der Waals surface area contributed by atoms with Gasteiger partial charge in [0.05, 0.1) is 0 Å². The third kappa shape index (κ3) is 3.21. The number of halogens is 1. The Kier molecular flexibility index (Phi) is 4.84. The predicted molar refractivity (Wildman–Crippen MR) is 76.8 cm³/mol. The summed E-state index contributed by atoms with van der Waals surface area (Å²) in [6, 6.07) is 5.04. The van der Waals surface area contributed by atoms with Gasteiger partial charge in [-0.15, -0.1) is 0 Å². The molecule has 2 rings (SSSR count). The van der Waals surface area contributed by atoms with Crippen molar-refractivity contribution in [1.82, 2.24) is 4.98 Å². The first-order chi connectivity index (χ1) is 8.35. The largest absolute Gasteiger partial charge is 0.354 e. The van der Waals surface area contributed by atoms with E-state index >= 15 is 0 Å². The van der Waals surface area contributed by atoms with Gasteiger partial charge >= 0.3 is 0 Å². The second kappa shape index (κ2) is 6.39. The number of nitrogens with zero attached hydrogens (tertiary/aromatic N) is 2. The zero-order chi connectivity index (χ0) is 12.1. The lowest BCUT2D eigenvalue weighted by atomic mass is 9.94. The lowest BCUT2D eigenvalue weighted by Crippen LogP contribution is -2.37. The third-order valence-electron chi connectivity index (χ3n) is 3.61. The van der Waals surface area contributed by atoms with Gasteiger partial charge in [-0.2, -0.15) is 0 Å². The van der Waals surface area contributed by atoms with Crippen LogP contribution < -0.4 is 4.90 Å². The molecule has 1 saturated carbocycles. The van der Waals surface area contributed by atoms with E-state index in [2.05, 4.69) is 44.9 Å². The van der Waals surface area contributed by atoms with Crippen LogP contribution in [0.1, 0.15) is 44.6 Å². The standard InChI is InChI=1S/C14H21BrN2/c1-2-17(13-6-4-3-5-7-13)14-9-8-12(10-15)11-16-14/h8-9,11,13H,2-7,10H2,1H3. The number of rotatable bonds is 4. The van der Waals surface area contributed by atoms with E-state index in [4.69, 9.17) is 0 Å². The molecule has 0 aromatic carbocycles. The highest BCUT2D eigenvalue weighted by Gasteiger charge is 2.20. The molecule has 1 aromatic heterocycles. The van der Waals surface area contributed by atoms with E-state index in [0.717, 1.165) is 17.7 Å². The second-order valence-corrected chi connectivity index (χ2v) is 5.30. The number of anilines is 1. The first kappa shape index (κ1) is 12.9. The molecule has 0 amide bonds. The molecule has 0 atom stereocenters. The third-order valence-corrected chi connectivity index (χ3v) is 4.26. The summed E-state index contributed by atoms with van der Waals surface area (Å²) < 4.78 is 0. The molecule has 1 aliphatic rings. The van der Waals surface area contributed by atoms with Crippen molar-refractivity contribution < 1.29 is 0 Å². The van der Waals surface area contributed by atoms with E-state index in [-0.39, 0.29) is 0 Å². The van der Waals surface area contributed by atoms with E-state index in [1.807, 2.05) is 6.20 Å². The number of alkyl halides is 1. The highest BCUT2D eigenvalue weighted by atomic mass is 79.9. The Hall–Kier alpha value is -0.570. The summed E-state index contributed by atoms with van der Waals surface area (Å²) in [6.07, 6.45) is 8.80. The summed E-state index contributed by atoms with van der Waals surface area (Å²) in [5.74, 6) is 1.14. The van der Waals surface area contributed by atoms with Crippen molar-refractivity contribution >= 4 is 21.7 Å². The van der Waals surface area contributed by atoms with Gasteiger partial charge in [-0.1, -0.05) is 41.3 Å². The smallest absolute Gasteiger partial charge is 0.128 e. The van der Waals surface area contributed by atoms with Gasteiger partial charge in [-0.3, -0.25) is 0 Å². The zero-order valence-corrected chi connectivity index (χ0v) is 12.1. The molecule has 1 fully saturated rings. The van der Waals surface area contributed by atoms with E-state index in [1.54, 1.807) is 0 Å². The van der Waals surface area contributed by atoms with Crippen LogP contribution in [0.25, 0.3) is 0 Å². The maximum absolute atomic E-state index is 4.59. The van der Waals surface area contributed by atoms with E-state index in [0.29, 0.717) is 6.04 Å². The van der Waals surface area contributed by atoms with Crippen LogP contribution in [-0.4, -0.2) is 17.6 Å². The number of pyridine rings is 1. The lowest BCUT2D eigenvalue weighted by Gasteiger charge is -2.34. The van der Waals surface area contributed by atoms with Crippen LogP contribution in [0.15, 0.2) is 18.3 Å². The minimum Gasteiger partial charge on any atom is -0.354 e. The topological polar surface area (TPSA) is 16.1 Å². The van der Waals surface area contributed by atoms with Gasteiger partial charge in [-0.25, -0.2) is 4.98 Å². The maximum Gasteiger partial charge on any atom is 0.128 e. The van der Waals surface area contributed by atoms with Crippen LogP contribution in [0.4, 0.5) is 5.82 Å². The van der Waals surface area contributed by atoms with E-state index in [9.17, 15) is 0 Å². The Morgan fingerprint density at radius 1 is 1.29 bits per heavy atom. The Balaban J connectivity index is 2.10. The molecule has 3 heteroatoms. The molecule has 2 nitrogen and oxygen atoms in total. The minimum absolute atomic E-state index is 0.705. The van der Waals surface area contributed by atoms with Crippen molar-refractivity contribution in [2.24, 2.45) is 0 Å². The Morgan fingerprint density at radius 2 is 2.06 bits per heavy atom. The monoisotopic (exact) mass is 296 g/mol. The van der Waals surface area contributed by atoms with Gasteiger partial charge in [0.15, 0.2) is 0 Å². The van der Waals surface area contributed by atoms with Gasteiger partial charge in [0.1, 0.15) is 5.82 Å². The zero-order valence-electron chi connectivity index (χ0n) is 10.5. The van der Waals surface area contributed by atoms with Gasteiger partial charge in [0.25, 0.3) is 0 Å². The molecule has 17 heavy (non-hydrogen) atoms. The van der Waals surface area contributed by atoms with Gasteiger partial charge in [0, 0.05) is 24.1 Å². The first-order valence-electron chi connectivity index (χ1n) is 6.62. The molecule has 1 heterocycles.